The highest BCUT2D eigenvalue weighted by Gasteiger charge is 2.35. The van der Waals surface area contributed by atoms with Crippen molar-refractivity contribution in [2.75, 3.05) is 19.6 Å². The number of aryl methyl sites for hydroxylation is 2. The molecule has 3 aromatic carbocycles. The van der Waals surface area contributed by atoms with Crippen LogP contribution in [0.5, 0.6) is 0 Å². The lowest BCUT2D eigenvalue weighted by Crippen LogP contribution is -2.43. The number of carbonyl (C=O) groups is 1. The zero-order valence-electron chi connectivity index (χ0n) is 18.8. The minimum absolute atomic E-state index is 0.185. The van der Waals surface area contributed by atoms with Crippen LogP contribution in [0.3, 0.4) is 0 Å². The van der Waals surface area contributed by atoms with Gasteiger partial charge in [0.2, 0.25) is 0 Å². The van der Waals surface area contributed by atoms with Crippen LogP contribution >= 0.6 is 11.6 Å². The van der Waals surface area contributed by atoms with Crippen molar-refractivity contribution in [3.63, 3.8) is 0 Å². The summed E-state index contributed by atoms with van der Waals surface area (Å²) in [5.74, 6) is 0.103. The van der Waals surface area contributed by atoms with Crippen LogP contribution in [0.25, 0.3) is 0 Å². The van der Waals surface area contributed by atoms with Crippen LogP contribution in [0.2, 0.25) is 5.02 Å². The van der Waals surface area contributed by atoms with Gasteiger partial charge in [0.05, 0.1) is 11.5 Å². The van der Waals surface area contributed by atoms with Crippen LogP contribution in [0.1, 0.15) is 53.0 Å². The smallest absolute Gasteiger partial charge is 0.146 e. The monoisotopic (exact) mass is 459 g/mol. The van der Waals surface area contributed by atoms with Gasteiger partial charge in [-0.2, -0.15) is 0 Å². The summed E-state index contributed by atoms with van der Waals surface area (Å²) in [5, 5.41) is 11.8. The Balaban J connectivity index is 1.27. The van der Waals surface area contributed by atoms with Gasteiger partial charge in [0.25, 0.3) is 0 Å². The van der Waals surface area contributed by atoms with Gasteiger partial charge in [-0.15, -0.1) is 0 Å². The first-order valence-electron chi connectivity index (χ1n) is 11.9. The van der Waals surface area contributed by atoms with Crippen LogP contribution < -0.4 is 0 Å². The number of benzene rings is 3. The summed E-state index contributed by atoms with van der Waals surface area (Å²) in [6.07, 6.45) is 3.81. The number of hydrogen-bond donors (Lipinski definition) is 1. The Bertz CT molecular complexity index is 1080. The topological polar surface area (TPSA) is 40.5 Å². The molecule has 0 radical (unpaired) electrons. The highest BCUT2D eigenvalue weighted by atomic mass is 35.5. The van der Waals surface area contributed by atoms with E-state index >= 15 is 0 Å². The van der Waals surface area contributed by atoms with Crippen LogP contribution in [0, 0.1) is 0 Å². The number of rotatable bonds is 5. The molecule has 4 heteroatoms. The van der Waals surface area contributed by atoms with E-state index in [9.17, 15) is 9.90 Å². The molecule has 33 heavy (non-hydrogen) atoms. The molecule has 1 aliphatic carbocycles. The molecule has 3 nitrogen and oxygen atoms in total. The maximum Gasteiger partial charge on any atom is 0.146 e. The van der Waals surface area contributed by atoms with Crippen molar-refractivity contribution in [1.82, 2.24) is 4.90 Å². The Morgan fingerprint density at radius 1 is 0.879 bits per heavy atom. The summed E-state index contributed by atoms with van der Waals surface area (Å²) in [4.78, 5) is 15.9. The largest absolute Gasteiger partial charge is 0.385 e. The second-order valence-electron chi connectivity index (χ2n) is 9.43. The molecule has 3 aromatic rings. The fourth-order valence-electron chi connectivity index (χ4n) is 5.48. The first-order valence-corrected chi connectivity index (χ1v) is 12.3. The number of likely N-dealkylation sites (tertiary alicyclic amines) is 1. The van der Waals surface area contributed by atoms with Crippen molar-refractivity contribution in [3.8, 4) is 0 Å². The zero-order chi connectivity index (χ0) is 22.8. The number of carbonyl (C=O) groups excluding carboxylic acids is 1. The number of nitrogens with zero attached hydrogens (tertiary/aromatic N) is 1. The second-order valence-corrected chi connectivity index (χ2v) is 9.86. The number of ketones is 1. The number of halogens is 1. The van der Waals surface area contributed by atoms with E-state index in [1.165, 1.54) is 22.3 Å². The van der Waals surface area contributed by atoms with E-state index in [0.29, 0.717) is 24.3 Å². The lowest BCUT2D eigenvalue weighted by molar-refractivity contribution is -0.120. The summed E-state index contributed by atoms with van der Waals surface area (Å²) < 4.78 is 0. The summed E-state index contributed by atoms with van der Waals surface area (Å²) >= 11 is 6.01. The molecule has 5 rings (SSSR count). The molecule has 0 unspecified atom stereocenters. The van der Waals surface area contributed by atoms with Crippen molar-refractivity contribution in [1.29, 1.82) is 0 Å². The number of fused-ring (bicyclic) bond motifs is 2. The van der Waals surface area contributed by atoms with Crippen molar-refractivity contribution < 1.29 is 9.90 Å². The average molecular weight is 460 g/mol. The molecule has 2 aliphatic rings. The number of aliphatic hydroxyl groups is 1. The minimum atomic E-state index is -0.815. The van der Waals surface area contributed by atoms with Gasteiger partial charge in [-0.25, -0.2) is 0 Å². The Hall–Kier alpha value is -2.46. The summed E-state index contributed by atoms with van der Waals surface area (Å²) in [7, 11) is 0. The Morgan fingerprint density at radius 3 is 2.00 bits per heavy atom. The van der Waals surface area contributed by atoms with Crippen molar-refractivity contribution in [3.05, 3.63) is 106 Å². The van der Waals surface area contributed by atoms with E-state index in [2.05, 4.69) is 53.4 Å². The quantitative estimate of drug-likeness (QED) is 0.546. The van der Waals surface area contributed by atoms with Gasteiger partial charge in [0.1, 0.15) is 5.78 Å². The van der Waals surface area contributed by atoms with Gasteiger partial charge in [-0.05, 0) is 65.6 Å². The molecule has 1 aliphatic heterocycles. The van der Waals surface area contributed by atoms with Gasteiger partial charge >= 0.3 is 0 Å². The van der Waals surface area contributed by atoms with Crippen LogP contribution in [0.4, 0.5) is 0 Å². The average Bonchev–Trinajstić information content (AvgIpc) is 3.01. The van der Waals surface area contributed by atoms with Crippen LogP contribution in [-0.2, 0) is 23.2 Å². The van der Waals surface area contributed by atoms with Gasteiger partial charge in [0, 0.05) is 31.1 Å². The van der Waals surface area contributed by atoms with Gasteiger partial charge in [0.15, 0.2) is 0 Å². The van der Waals surface area contributed by atoms with Crippen molar-refractivity contribution >= 4 is 17.4 Å². The van der Waals surface area contributed by atoms with E-state index < -0.39 is 5.60 Å². The summed E-state index contributed by atoms with van der Waals surface area (Å²) in [5.41, 5.74) is 5.03. The number of hydrogen-bond acceptors (Lipinski definition) is 3. The Kier molecular flexibility index (Phi) is 6.38. The SMILES string of the molecule is O=C(CCN1CCC(O)(c2ccc(Cl)cc2)CC1)C1c2ccccc2CCc2ccccc21. The van der Waals surface area contributed by atoms with Crippen molar-refractivity contribution in [2.24, 2.45) is 0 Å². The minimum Gasteiger partial charge on any atom is -0.385 e. The third-order valence-corrected chi connectivity index (χ3v) is 7.71. The first-order chi connectivity index (χ1) is 16.0. The van der Waals surface area contributed by atoms with Gasteiger partial charge < -0.3 is 10.0 Å². The standard InChI is InChI=1S/C29H30ClNO2/c30-24-13-11-23(12-14-24)29(33)16-19-31(20-17-29)18-15-27(32)28-25-7-3-1-5-21(25)9-10-22-6-2-4-8-26(22)28/h1-8,11-14,28,33H,9-10,15-20H2. The molecule has 0 bridgehead atoms. The van der Waals surface area contributed by atoms with E-state index in [-0.39, 0.29) is 11.7 Å². The molecule has 0 aromatic heterocycles. The van der Waals surface area contributed by atoms with Crippen molar-refractivity contribution in [2.45, 2.75) is 43.6 Å². The molecule has 0 atom stereocenters. The maximum absolute atomic E-state index is 13.6. The normalized spacial score (nSPS) is 18.2. The predicted octanol–water partition coefficient (Wildman–Crippen LogP) is 5.51. The predicted molar refractivity (Wildman–Crippen MR) is 133 cm³/mol. The molecule has 1 fully saturated rings. The van der Waals surface area contributed by atoms with E-state index in [1.54, 1.807) is 0 Å². The third kappa shape index (κ3) is 4.63. The van der Waals surface area contributed by atoms with Crippen LogP contribution in [-0.4, -0.2) is 35.4 Å². The molecule has 170 valence electrons. The van der Waals surface area contributed by atoms with Gasteiger partial charge in [-0.1, -0.05) is 72.3 Å². The molecular formula is C29H30ClNO2. The van der Waals surface area contributed by atoms with E-state index in [4.69, 9.17) is 11.6 Å². The third-order valence-electron chi connectivity index (χ3n) is 7.46. The number of piperidine rings is 1. The fraction of sp³-hybridized carbons (Fsp3) is 0.345. The lowest BCUT2D eigenvalue weighted by Gasteiger charge is -2.38. The Labute approximate surface area is 201 Å². The zero-order valence-corrected chi connectivity index (χ0v) is 19.6. The lowest BCUT2D eigenvalue weighted by atomic mass is 9.83. The Morgan fingerprint density at radius 2 is 1.42 bits per heavy atom. The number of Topliss-reactive ketones (excluding diaryl/α,β-unsaturated/α-hetero) is 1. The molecule has 0 saturated carbocycles. The molecule has 0 spiro atoms. The van der Waals surface area contributed by atoms with Gasteiger partial charge in [-0.3, -0.25) is 4.79 Å². The maximum atomic E-state index is 13.6. The van der Waals surface area contributed by atoms with Crippen LogP contribution in [0.15, 0.2) is 72.8 Å². The highest BCUT2D eigenvalue weighted by molar-refractivity contribution is 6.30. The fourth-order valence-corrected chi connectivity index (χ4v) is 5.60. The summed E-state index contributed by atoms with van der Waals surface area (Å²) in [6.45, 7) is 2.30. The highest BCUT2D eigenvalue weighted by Crippen LogP contribution is 2.36. The molecule has 1 saturated heterocycles. The van der Waals surface area contributed by atoms with E-state index in [0.717, 1.165) is 38.0 Å². The first kappa shape index (κ1) is 22.3. The molecule has 0 amide bonds. The molecular weight excluding hydrogens is 430 g/mol. The molecule has 1 N–H and O–H groups in total. The molecule has 1 heterocycles. The summed E-state index contributed by atoms with van der Waals surface area (Å²) in [6, 6.07) is 24.4. The second kappa shape index (κ2) is 9.42. The van der Waals surface area contributed by atoms with E-state index in [1.807, 2.05) is 24.3 Å².